The van der Waals surface area contributed by atoms with Gasteiger partial charge in [-0.05, 0) is 52.9 Å². The van der Waals surface area contributed by atoms with Crippen LogP contribution in [-0.2, 0) is 16.6 Å². The van der Waals surface area contributed by atoms with Crippen molar-refractivity contribution in [3.8, 4) is 0 Å². The van der Waals surface area contributed by atoms with Gasteiger partial charge in [0.1, 0.15) is 0 Å². The van der Waals surface area contributed by atoms with Gasteiger partial charge >= 0.3 is 0 Å². The van der Waals surface area contributed by atoms with Crippen LogP contribution in [0, 0.1) is 5.92 Å². The molecule has 0 aromatic heterocycles. The van der Waals surface area contributed by atoms with Gasteiger partial charge in [-0.1, -0.05) is 32.8 Å². The SMILES string of the molecule is CC(C)CCCC(C)NS(=O)(=O)c1cc(CO)ccc1Br. The average Bonchev–Trinajstić information content (AvgIpc) is 2.38. The van der Waals surface area contributed by atoms with E-state index in [0.29, 0.717) is 16.0 Å². The van der Waals surface area contributed by atoms with E-state index in [2.05, 4.69) is 34.5 Å². The van der Waals surface area contributed by atoms with Gasteiger partial charge in [-0.15, -0.1) is 0 Å². The van der Waals surface area contributed by atoms with E-state index in [1.165, 1.54) is 6.07 Å². The average molecular weight is 378 g/mol. The molecule has 0 aliphatic rings. The number of aliphatic hydroxyl groups is 1. The van der Waals surface area contributed by atoms with E-state index in [1.807, 2.05) is 6.92 Å². The van der Waals surface area contributed by atoms with Gasteiger partial charge in [0.2, 0.25) is 10.0 Å². The maximum Gasteiger partial charge on any atom is 0.241 e. The predicted octanol–water partition coefficient (Wildman–Crippen LogP) is 3.43. The van der Waals surface area contributed by atoms with Gasteiger partial charge in [0.15, 0.2) is 0 Å². The number of hydrogen-bond acceptors (Lipinski definition) is 3. The summed E-state index contributed by atoms with van der Waals surface area (Å²) < 4.78 is 28.0. The van der Waals surface area contributed by atoms with Crippen molar-refractivity contribution in [2.75, 3.05) is 0 Å². The number of hydrogen-bond donors (Lipinski definition) is 2. The quantitative estimate of drug-likeness (QED) is 0.728. The first kappa shape index (κ1) is 18.6. The Morgan fingerprint density at radius 3 is 2.48 bits per heavy atom. The highest BCUT2D eigenvalue weighted by atomic mass is 79.9. The Kier molecular flexibility index (Phi) is 7.33. The van der Waals surface area contributed by atoms with Crippen LogP contribution in [0.1, 0.15) is 45.6 Å². The molecule has 0 saturated heterocycles. The molecule has 1 rings (SSSR count). The lowest BCUT2D eigenvalue weighted by Gasteiger charge is -2.16. The van der Waals surface area contributed by atoms with Gasteiger partial charge in [-0.3, -0.25) is 0 Å². The molecule has 0 aliphatic heterocycles. The maximum atomic E-state index is 12.4. The molecule has 21 heavy (non-hydrogen) atoms. The lowest BCUT2D eigenvalue weighted by molar-refractivity contribution is 0.281. The first-order valence-corrected chi connectivity index (χ1v) is 9.45. The first-order valence-electron chi connectivity index (χ1n) is 7.18. The second kappa shape index (κ2) is 8.27. The minimum Gasteiger partial charge on any atom is -0.392 e. The van der Waals surface area contributed by atoms with Crippen molar-refractivity contribution in [3.63, 3.8) is 0 Å². The zero-order valence-electron chi connectivity index (χ0n) is 12.8. The van der Waals surface area contributed by atoms with Crippen molar-refractivity contribution in [3.05, 3.63) is 28.2 Å². The highest BCUT2D eigenvalue weighted by molar-refractivity contribution is 9.10. The summed E-state index contributed by atoms with van der Waals surface area (Å²) in [4.78, 5) is 0.171. The van der Waals surface area contributed by atoms with Crippen LogP contribution in [0.25, 0.3) is 0 Å². The summed E-state index contributed by atoms with van der Waals surface area (Å²) in [6.45, 7) is 6.01. The summed E-state index contributed by atoms with van der Waals surface area (Å²) in [5.74, 6) is 0.629. The van der Waals surface area contributed by atoms with E-state index in [0.717, 1.165) is 19.3 Å². The number of benzene rings is 1. The molecule has 0 amide bonds. The monoisotopic (exact) mass is 377 g/mol. The molecular weight excluding hydrogens is 354 g/mol. The molecule has 1 unspecified atom stereocenters. The van der Waals surface area contributed by atoms with E-state index in [9.17, 15) is 8.42 Å². The number of aliphatic hydroxyl groups excluding tert-OH is 1. The van der Waals surface area contributed by atoms with Crippen LogP contribution in [-0.4, -0.2) is 19.6 Å². The molecule has 1 aromatic rings. The Bertz CT molecular complexity index is 558. The topological polar surface area (TPSA) is 66.4 Å². The standard InChI is InChI=1S/C15H24BrNO3S/c1-11(2)5-4-6-12(3)17-21(19,20)15-9-13(10-18)7-8-14(15)16/h7-9,11-12,17-18H,4-6,10H2,1-3H3. The van der Waals surface area contributed by atoms with Crippen molar-refractivity contribution in [2.45, 2.75) is 57.6 Å². The molecule has 1 aromatic carbocycles. The molecule has 6 heteroatoms. The van der Waals surface area contributed by atoms with Crippen molar-refractivity contribution < 1.29 is 13.5 Å². The molecule has 2 N–H and O–H groups in total. The molecule has 4 nitrogen and oxygen atoms in total. The third-order valence-electron chi connectivity index (χ3n) is 3.24. The second-order valence-electron chi connectivity index (χ2n) is 5.77. The van der Waals surface area contributed by atoms with Crippen LogP contribution in [0.2, 0.25) is 0 Å². The van der Waals surface area contributed by atoms with Gasteiger partial charge in [0, 0.05) is 10.5 Å². The maximum absolute atomic E-state index is 12.4. The van der Waals surface area contributed by atoms with Gasteiger partial charge in [-0.25, -0.2) is 13.1 Å². The molecule has 0 radical (unpaired) electrons. The molecule has 0 spiro atoms. The molecule has 0 saturated carbocycles. The van der Waals surface area contributed by atoms with Crippen LogP contribution < -0.4 is 4.72 Å². The highest BCUT2D eigenvalue weighted by Gasteiger charge is 2.20. The van der Waals surface area contributed by atoms with Crippen molar-refractivity contribution in [2.24, 2.45) is 5.92 Å². The third-order valence-corrected chi connectivity index (χ3v) is 5.83. The molecule has 120 valence electrons. The van der Waals surface area contributed by atoms with Crippen LogP contribution in [0.3, 0.4) is 0 Å². The van der Waals surface area contributed by atoms with Crippen LogP contribution >= 0.6 is 15.9 Å². The summed E-state index contributed by atoms with van der Waals surface area (Å²) >= 11 is 3.26. The lowest BCUT2D eigenvalue weighted by Crippen LogP contribution is -2.32. The second-order valence-corrected chi connectivity index (χ2v) is 8.31. The molecule has 0 bridgehead atoms. The summed E-state index contributed by atoms with van der Waals surface area (Å²) in [7, 11) is -3.58. The summed E-state index contributed by atoms with van der Waals surface area (Å²) in [6.07, 6.45) is 2.91. The van der Waals surface area contributed by atoms with Crippen molar-refractivity contribution in [1.82, 2.24) is 4.72 Å². The van der Waals surface area contributed by atoms with E-state index < -0.39 is 10.0 Å². The molecule has 0 heterocycles. The van der Waals surface area contributed by atoms with E-state index in [4.69, 9.17) is 5.11 Å². The van der Waals surface area contributed by atoms with Gasteiger partial charge in [-0.2, -0.15) is 0 Å². The number of halogens is 1. The van der Waals surface area contributed by atoms with Gasteiger partial charge < -0.3 is 5.11 Å². The van der Waals surface area contributed by atoms with Crippen molar-refractivity contribution in [1.29, 1.82) is 0 Å². The molecule has 1 atom stereocenters. The molecule has 0 aliphatic carbocycles. The summed E-state index contributed by atoms with van der Waals surface area (Å²) in [5, 5.41) is 9.14. The van der Waals surface area contributed by atoms with Crippen LogP contribution in [0.5, 0.6) is 0 Å². The van der Waals surface area contributed by atoms with E-state index in [1.54, 1.807) is 12.1 Å². The van der Waals surface area contributed by atoms with Crippen molar-refractivity contribution >= 4 is 26.0 Å². The zero-order valence-corrected chi connectivity index (χ0v) is 15.2. The Balaban J connectivity index is 2.77. The Morgan fingerprint density at radius 2 is 1.90 bits per heavy atom. The Morgan fingerprint density at radius 1 is 1.24 bits per heavy atom. The minimum absolute atomic E-state index is 0.113. The van der Waals surface area contributed by atoms with Gasteiger partial charge in [0.05, 0.1) is 11.5 Å². The van der Waals surface area contributed by atoms with Crippen LogP contribution in [0.15, 0.2) is 27.6 Å². The number of rotatable bonds is 8. The lowest BCUT2D eigenvalue weighted by atomic mass is 10.0. The summed E-state index contributed by atoms with van der Waals surface area (Å²) in [5.41, 5.74) is 0.575. The largest absolute Gasteiger partial charge is 0.392 e. The Hall–Kier alpha value is -0.430. The fraction of sp³-hybridized carbons (Fsp3) is 0.600. The minimum atomic E-state index is -3.58. The normalized spacial score (nSPS) is 13.6. The summed E-state index contributed by atoms with van der Waals surface area (Å²) in [6, 6.07) is 4.71. The molecular formula is C15H24BrNO3S. The fourth-order valence-electron chi connectivity index (χ4n) is 2.07. The number of sulfonamides is 1. The van der Waals surface area contributed by atoms with E-state index in [-0.39, 0.29) is 17.5 Å². The zero-order chi connectivity index (χ0) is 16.0. The highest BCUT2D eigenvalue weighted by Crippen LogP contribution is 2.24. The van der Waals surface area contributed by atoms with Gasteiger partial charge in [0.25, 0.3) is 0 Å². The number of nitrogens with one attached hydrogen (secondary N) is 1. The third kappa shape index (κ3) is 6.06. The van der Waals surface area contributed by atoms with Crippen LogP contribution in [0.4, 0.5) is 0 Å². The fourth-order valence-corrected chi connectivity index (χ4v) is 4.36. The smallest absolute Gasteiger partial charge is 0.241 e. The molecule has 0 fully saturated rings. The first-order chi connectivity index (χ1) is 9.76. The predicted molar refractivity (Wildman–Crippen MR) is 88.5 cm³/mol. The Labute approximate surface area is 136 Å². The van der Waals surface area contributed by atoms with E-state index >= 15 is 0 Å².